The van der Waals surface area contributed by atoms with Crippen molar-refractivity contribution in [2.24, 2.45) is 0 Å². The molecule has 0 bridgehead atoms. The van der Waals surface area contributed by atoms with Crippen molar-refractivity contribution < 1.29 is 17.6 Å². The van der Waals surface area contributed by atoms with Crippen molar-refractivity contribution in [2.45, 2.75) is 24.3 Å². The number of anilines is 2. The molecule has 5 nitrogen and oxygen atoms in total. The highest BCUT2D eigenvalue weighted by atomic mass is 32.2. The van der Waals surface area contributed by atoms with Crippen molar-refractivity contribution >= 4 is 39.1 Å². The predicted molar refractivity (Wildman–Crippen MR) is 105 cm³/mol. The first-order chi connectivity index (χ1) is 12.3. The molecule has 0 spiro atoms. The average molecular weight is 397 g/mol. The van der Waals surface area contributed by atoms with Crippen LogP contribution in [0, 0.1) is 5.82 Å². The Morgan fingerprint density at radius 3 is 2.35 bits per heavy atom. The minimum absolute atomic E-state index is 0.244. The highest BCUT2D eigenvalue weighted by Crippen LogP contribution is 2.27. The number of carbonyl (C=O) groups is 1. The molecule has 2 rings (SSSR count). The maximum Gasteiger partial charge on any atom is 0.248 e. The lowest BCUT2D eigenvalue weighted by Gasteiger charge is -2.30. The van der Waals surface area contributed by atoms with E-state index >= 15 is 0 Å². The van der Waals surface area contributed by atoms with Crippen molar-refractivity contribution in [3.63, 3.8) is 0 Å². The number of nitrogens with zero attached hydrogens (tertiary/aromatic N) is 1. The van der Waals surface area contributed by atoms with Crippen LogP contribution < -0.4 is 9.62 Å². The van der Waals surface area contributed by atoms with Gasteiger partial charge in [0.25, 0.3) is 0 Å². The summed E-state index contributed by atoms with van der Waals surface area (Å²) < 4.78 is 38.9. The number of thioether (sulfide) groups is 1. The smallest absolute Gasteiger partial charge is 0.248 e. The van der Waals surface area contributed by atoms with Crippen molar-refractivity contribution in [3.05, 3.63) is 54.3 Å². The number of hydrogen-bond acceptors (Lipinski definition) is 4. The molecule has 0 aliphatic rings. The van der Waals surface area contributed by atoms with Gasteiger partial charge >= 0.3 is 0 Å². The van der Waals surface area contributed by atoms with Crippen molar-refractivity contribution in [2.75, 3.05) is 22.1 Å². The molecule has 0 aromatic heterocycles. The zero-order chi connectivity index (χ0) is 19.3. The first-order valence-corrected chi connectivity index (χ1v) is 11.0. The van der Waals surface area contributed by atoms with E-state index in [9.17, 15) is 17.6 Å². The summed E-state index contributed by atoms with van der Waals surface area (Å²) in [5.74, 6) is -0.919. The molecule has 1 N–H and O–H groups in total. The molecular weight excluding hydrogens is 375 g/mol. The molecule has 0 aliphatic heterocycles. The summed E-state index contributed by atoms with van der Waals surface area (Å²) in [6, 6.07) is 11.4. The fourth-order valence-electron chi connectivity index (χ4n) is 2.61. The Hall–Kier alpha value is -2.06. The Balaban J connectivity index is 2.38. The van der Waals surface area contributed by atoms with E-state index in [0.29, 0.717) is 5.69 Å². The van der Waals surface area contributed by atoms with E-state index in [-0.39, 0.29) is 12.1 Å². The second kappa shape index (κ2) is 8.55. The van der Waals surface area contributed by atoms with Gasteiger partial charge in [-0.05, 0) is 49.1 Å². The number of benzene rings is 2. The third-order valence-corrected chi connectivity index (χ3v) is 5.75. The molecule has 0 saturated heterocycles. The Morgan fingerprint density at radius 2 is 1.81 bits per heavy atom. The summed E-state index contributed by atoms with van der Waals surface area (Å²) in [7, 11) is -3.75. The van der Waals surface area contributed by atoms with E-state index in [0.717, 1.165) is 15.5 Å². The number of hydrogen-bond donors (Lipinski definition) is 1. The van der Waals surface area contributed by atoms with Crippen molar-refractivity contribution in [1.29, 1.82) is 0 Å². The first-order valence-electron chi connectivity index (χ1n) is 7.96. The lowest BCUT2D eigenvalue weighted by atomic mass is 10.1. The van der Waals surface area contributed by atoms with E-state index < -0.39 is 27.8 Å². The predicted octanol–water partition coefficient (Wildman–Crippen LogP) is 3.73. The normalized spacial score (nSPS) is 12.5. The maximum absolute atomic E-state index is 13.2. The van der Waals surface area contributed by atoms with Gasteiger partial charge < -0.3 is 5.32 Å². The van der Waals surface area contributed by atoms with Gasteiger partial charge in [0, 0.05) is 4.90 Å². The number of carbonyl (C=O) groups excluding carboxylic acids is 1. The molecule has 140 valence electrons. The lowest BCUT2D eigenvalue weighted by Crippen LogP contribution is -2.47. The number of para-hydroxylation sites is 1. The summed E-state index contributed by atoms with van der Waals surface area (Å²) in [6.07, 6.45) is 3.18. The highest BCUT2D eigenvalue weighted by Gasteiger charge is 2.31. The molecule has 0 unspecified atom stereocenters. The summed E-state index contributed by atoms with van der Waals surface area (Å²) in [5, 5.41) is 2.81. The Labute approximate surface area is 157 Å². The highest BCUT2D eigenvalue weighted by molar-refractivity contribution is 7.98. The SMILES string of the molecule is CC[C@@H](C(=O)Nc1ccccc1SC)N(c1ccc(F)cc1)S(C)(=O)=O. The minimum Gasteiger partial charge on any atom is -0.323 e. The van der Waals surface area contributed by atoms with Gasteiger partial charge in [-0.3, -0.25) is 9.10 Å². The Bertz CT molecular complexity index is 870. The number of sulfonamides is 1. The van der Waals surface area contributed by atoms with Crippen LogP contribution in [0.5, 0.6) is 0 Å². The van der Waals surface area contributed by atoms with Gasteiger partial charge in [0.2, 0.25) is 15.9 Å². The molecule has 0 heterocycles. The van der Waals surface area contributed by atoms with Gasteiger partial charge in [-0.2, -0.15) is 0 Å². The van der Waals surface area contributed by atoms with Crippen LogP contribution >= 0.6 is 11.8 Å². The molecule has 0 saturated carbocycles. The number of amides is 1. The summed E-state index contributed by atoms with van der Waals surface area (Å²) >= 11 is 1.48. The van der Waals surface area contributed by atoms with Gasteiger partial charge in [-0.1, -0.05) is 19.1 Å². The largest absolute Gasteiger partial charge is 0.323 e. The first kappa shape index (κ1) is 20.3. The molecule has 0 fully saturated rings. The zero-order valence-electron chi connectivity index (χ0n) is 14.8. The fraction of sp³-hybridized carbons (Fsp3) is 0.278. The van der Waals surface area contributed by atoms with Crippen LogP contribution in [0.25, 0.3) is 0 Å². The second-order valence-corrected chi connectivity index (χ2v) is 8.36. The molecule has 0 radical (unpaired) electrons. The van der Waals surface area contributed by atoms with Crippen LogP contribution in [-0.2, 0) is 14.8 Å². The molecule has 1 atom stereocenters. The van der Waals surface area contributed by atoms with Gasteiger partial charge in [0.1, 0.15) is 11.9 Å². The number of halogens is 1. The topological polar surface area (TPSA) is 66.5 Å². The van der Waals surface area contributed by atoms with Gasteiger partial charge in [0.15, 0.2) is 0 Å². The third kappa shape index (κ3) is 4.76. The quantitative estimate of drug-likeness (QED) is 0.724. The lowest BCUT2D eigenvalue weighted by molar-refractivity contribution is -0.117. The standard InChI is InChI=1S/C18H21FN2O3S2/c1-4-16(18(22)20-15-7-5-6-8-17(15)25-2)21(26(3,23)24)14-11-9-13(19)10-12-14/h5-12,16H,4H2,1-3H3,(H,20,22)/t16-/m0/s1. The minimum atomic E-state index is -3.75. The van der Waals surface area contributed by atoms with Crippen molar-refractivity contribution in [1.82, 2.24) is 0 Å². The third-order valence-electron chi connectivity index (χ3n) is 3.78. The summed E-state index contributed by atoms with van der Waals surface area (Å²) in [4.78, 5) is 13.7. The van der Waals surface area contributed by atoms with E-state index in [1.165, 1.54) is 36.0 Å². The monoisotopic (exact) mass is 396 g/mol. The molecule has 26 heavy (non-hydrogen) atoms. The molecule has 1 amide bonds. The maximum atomic E-state index is 13.2. The van der Waals surface area contributed by atoms with Crippen LogP contribution in [0.15, 0.2) is 53.4 Å². The molecule has 2 aromatic carbocycles. The second-order valence-electron chi connectivity index (χ2n) is 5.65. The van der Waals surface area contributed by atoms with Crippen LogP contribution in [0.2, 0.25) is 0 Å². The number of rotatable bonds is 7. The Morgan fingerprint density at radius 1 is 1.19 bits per heavy atom. The van der Waals surface area contributed by atoms with Crippen LogP contribution in [0.1, 0.15) is 13.3 Å². The molecule has 2 aromatic rings. The number of nitrogens with one attached hydrogen (secondary N) is 1. The zero-order valence-corrected chi connectivity index (χ0v) is 16.4. The van der Waals surface area contributed by atoms with Crippen LogP contribution in [0.3, 0.4) is 0 Å². The van der Waals surface area contributed by atoms with Gasteiger partial charge in [0.05, 0.1) is 17.6 Å². The fourth-order valence-corrected chi connectivity index (χ4v) is 4.38. The average Bonchev–Trinajstić information content (AvgIpc) is 2.60. The van der Waals surface area contributed by atoms with E-state index in [1.54, 1.807) is 19.1 Å². The summed E-state index contributed by atoms with van der Waals surface area (Å²) in [6.45, 7) is 1.73. The van der Waals surface area contributed by atoms with E-state index in [4.69, 9.17) is 0 Å². The Kier molecular flexibility index (Phi) is 6.66. The molecule has 8 heteroatoms. The molecule has 0 aliphatic carbocycles. The van der Waals surface area contributed by atoms with Gasteiger partial charge in [-0.25, -0.2) is 12.8 Å². The molecular formula is C18H21FN2O3S2. The van der Waals surface area contributed by atoms with Gasteiger partial charge in [-0.15, -0.1) is 11.8 Å². The van der Waals surface area contributed by atoms with Crippen LogP contribution in [0.4, 0.5) is 15.8 Å². The van der Waals surface area contributed by atoms with E-state index in [1.807, 2.05) is 18.4 Å². The van der Waals surface area contributed by atoms with Crippen LogP contribution in [-0.4, -0.2) is 32.9 Å². The van der Waals surface area contributed by atoms with Crippen molar-refractivity contribution in [3.8, 4) is 0 Å². The van der Waals surface area contributed by atoms with E-state index in [2.05, 4.69) is 5.32 Å². The summed E-state index contributed by atoms with van der Waals surface area (Å²) in [5.41, 5.74) is 0.866.